The van der Waals surface area contributed by atoms with E-state index in [4.69, 9.17) is 5.73 Å². The van der Waals surface area contributed by atoms with Crippen LogP contribution in [0.4, 0.5) is 15.8 Å². The highest BCUT2D eigenvalue weighted by Crippen LogP contribution is 2.16. The number of benzene rings is 1. The summed E-state index contributed by atoms with van der Waals surface area (Å²) in [6, 6.07) is 5.84. The van der Waals surface area contributed by atoms with Gasteiger partial charge in [0.15, 0.2) is 0 Å². The van der Waals surface area contributed by atoms with Crippen molar-refractivity contribution in [1.82, 2.24) is 0 Å². The molecule has 1 aromatic carbocycles. The average molecular weight is 250 g/mol. The second-order valence-corrected chi connectivity index (χ2v) is 4.41. The molecule has 1 heterocycles. The van der Waals surface area contributed by atoms with Crippen LogP contribution in [0.3, 0.4) is 0 Å². The van der Waals surface area contributed by atoms with Crippen molar-refractivity contribution in [2.75, 3.05) is 11.1 Å². The Hall–Kier alpha value is -1.88. The van der Waals surface area contributed by atoms with Gasteiger partial charge in [-0.2, -0.15) is 11.3 Å². The number of nitrogen functional groups attached to an aromatic ring is 1. The van der Waals surface area contributed by atoms with Crippen LogP contribution in [0.2, 0.25) is 0 Å². The van der Waals surface area contributed by atoms with Crippen LogP contribution in [-0.4, -0.2) is 5.91 Å². The molecule has 0 saturated carbocycles. The summed E-state index contributed by atoms with van der Waals surface area (Å²) < 4.78 is 13.0. The standard InChI is InChI=1S/C12H11FN2OS/c13-9-4-10(14)6-11(5-9)15-12(16)3-8-1-2-17-7-8/h1-2,4-7H,3,14H2,(H,15,16). The van der Waals surface area contributed by atoms with E-state index in [9.17, 15) is 9.18 Å². The van der Waals surface area contributed by atoms with Gasteiger partial charge in [0.1, 0.15) is 5.82 Å². The molecule has 0 spiro atoms. The first-order valence-corrected chi connectivity index (χ1v) is 5.95. The second-order valence-electron chi connectivity index (χ2n) is 3.63. The molecule has 0 aliphatic heterocycles. The Bertz CT molecular complexity index is 505. The van der Waals surface area contributed by atoms with Crippen LogP contribution in [0.1, 0.15) is 5.56 Å². The fourth-order valence-corrected chi connectivity index (χ4v) is 2.14. The minimum Gasteiger partial charge on any atom is -0.399 e. The molecule has 1 amide bonds. The predicted octanol–water partition coefficient (Wildman–Crippen LogP) is 2.65. The van der Waals surface area contributed by atoms with Gasteiger partial charge in [-0.1, -0.05) is 0 Å². The van der Waals surface area contributed by atoms with E-state index in [1.807, 2.05) is 16.8 Å². The van der Waals surface area contributed by atoms with Crippen molar-refractivity contribution in [1.29, 1.82) is 0 Å². The molecule has 3 N–H and O–H groups in total. The van der Waals surface area contributed by atoms with Crippen LogP contribution in [0.25, 0.3) is 0 Å². The quantitative estimate of drug-likeness (QED) is 0.823. The molecular weight excluding hydrogens is 239 g/mol. The number of amides is 1. The van der Waals surface area contributed by atoms with Gasteiger partial charge >= 0.3 is 0 Å². The molecule has 0 atom stereocenters. The average Bonchev–Trinajstić information content (AvgIpc) is 2.67. The number of nitrogens with one attached hydrogen (secondary N) is 1. The smallest absolute Gasteiger partial charge is 0.228 e. The van der Waals surface area contributed by atoms with E-state index in [0.717, 1.165) is 5.56 Å². The fourth-order valence-electron chi connectivity index (χ4n) is 1.47. The van der Waals surface area contributed by atoms with Crippen molar-refractivity contribution in [3.8, 4) is 0 Å². The zero-order chi connectivity index (χ0) is 12.3. The Morgan fingerprint density at radius 3 is 2.88 bits per heavy atom. The third-order valence-corrected chi connectivity index (χ3v) is 2.88. The summed E-state index contributed by atoms with van der Waals surface area (Å²) in [6.45, 7) is 0. The van der Waals surface area contributed by atoms with Crippen molar-refractivity contribution >= 4 is 28.6 Å². The van der Waals surface area contributed by atoms with E-state index < -0.39 is 5.82 Å². The molecule has 88 valence electrons. The lowest BCUT2D eigenvalue weighted by atomic mass is 10.2. The molecule has 0 saturated heterocycles. The Morgan fingerprint density at radius 2 is 2.24 bits per heavy atom. The summed E-state index contributed by atoms with van der Waals surface area (Å²) in [5.41, 5.74) is 7.09. The van der Waals surface area contributed by atoms with E-state index in [2.05, 4.69) is 5.32 Å². The van der Waals surface area contributed by atoms with Crippen molar-refractivity contribution in [2.45, 2.75) is 6.42 Å². The fraction of sp³-hybridized carbons (Fsp3) is 0.0833. The lowest BCUT2D eigenvalue weighted by molar-refractivity contribution is -0.115. The van der Waals surface area contributed by atoms with Crippen LogP contribution < -0.4 is 11.1 Å². The Labute approximate surface area is 102 Å². The molecule has 3 nitrogen and oxygen atoms in total. The zero-order valence-electron chi connectivity index (χ0n) is 8.94. The third kappa shape index (κ3) is 3.29. The molecule has 0 unspecified atom stereocenters. The number of carbonyl (C=O) groups excluding carboxylic acids is 1. The Morgan fingerprint density at radius 1 is 1.41 bits per heavy atom. The topological polar surface area (TPSA) is 55.1 Å². The van der Waals surface area contributed by atoms with Crippen molar-refractivity contribution in [3.05, 3.63) is 46.4 Å². The number of thiophene rings is 1. The summed E-state index contributed by atoms with van der Waals surface area (Å²) in [7, 11) is 0. The monoisotopic (exact) mass is 250 g/mol. The van der Waals surface area contributed by atoms with Crippen LogP contribution in [-0.2, 0) is 11.2 Å². The van der Waals surface area contributed by atoms with E-state index in [0.29, 0.717) is 5.69 Å². The molecular formula is C12H11FN2OS. The number of anilines is 2. The number of hydrogen-bond donors (Lipinski definition) is 2. The molecule has 1 aromatic heterocycles. The summed E-state index contributed by atoms with van der Waals surface area (Å²) in [5, 5.41) is 6.42. The lowest BCUT2D eigenvalue weighted by Gasteiger charge is -2.05. The summed E-state index contributed by atoms with van der Waals surface area (Å²) in [4.78, 5) is 11.6. The molecule has 0 bridgehead atoms. The number of rotatable bonds is 3. The molecule has 0 radical (unpaired) electrons. The number of halogens is 1. The molecule has 2 rings (SSSR count). The van der Waals surface area contributed by atoms with Gasteiger partial charge < -0.3 is 11.1 Å². The first-order chi connectivity index (χ1) is 8.13. The minimum absolute atomic E-state index is 0.187. The second kappa shape index (κ2) is 4.97. The summed E-state index contributed by atoms with van der Waals surface area (Å²) in [6.07, 6.45) is 0.278. The number of nitrogens with two attached hydrogens (primary N) is 1. The van der Waals surface area contributed by atoms with Gasteiger partial charge in [0.2, 0.25) is 5.91 Å². The minimum atomic E-state index is -0.462. The van der Waals surface area contributed by atoms with Crippen molar-refractivity contribution in [2.24, 2.45) is 0 Å². The van der Waals surface area contributed by atoms with Gasteiger partial charge in [0.05, 0.1) is 6.42 Å². The summed E-state index contributed by atoms with van der Waals surface area (Å²) >= 11 is 1.53. The molecule has 17 heavy (non-hydrogen) atoms. The third-order valence-electron chi connectivity index (χ3n) is 2.15. The Kier molecular flexibility index (Phi) is 3.39. The number of carbonyl (C=O) groups is 1. The van der Waals surface area contributed by atoms with E-state index >= 15 is 0 Å². The Balaban J connectivity index is 2.03. The molecule has 0 fully saturated rings. The zero-order valence-corrected chi connectivity index (χ0v) is 9.76. The molecule has 0 aliphatic rings. The molecule has 5 heteroatoms. The highest BCUT2D eigenvalue weighted by molar-refractivity contribution is 7.08. The maximum Gasteiger partial charge on any atom is 0.228 e. The van der Waals surface area contributed by atoms with E-state index in [1.165, 1.54) is 29.5 Å². The first kappa shape index (κ1) is 11.6. The normalized spacial score (nSPS) is 10.2. The largest absolute Gasteiger partial charge is 0.399 e. The summed E-state index contributed by atoms with van der Waals surface area (Å²) in [5.74, 6) is -0.649. The van der Waals surface area contributed by atoms with Crippen molar-refractivity contribution in [3.63, 3.8) is 0 Å². The van der Waals surface area contributed by atoms with Crippen LogP contribution >= 0.6 is 11.3 Å². The highest BCUT2D eigenvalue weighted by atomic mass is 32.1. The first-order valence-electron chi connectivity index (χ1n) is 5.00. The van der Waals surface area contributed by atoms with E-state index in [-0.39, 0.29) is 18.0 Å². The number of hydrogen-bond acceptors (Lipinski definition) is 3. The molecule has 0 aliphatic carbocycles. The van der Waals surface area contributed by atoms with Gasteiger partial charge in [-0.3, -0.25) is 4.79 Å². The maximum absolute atomic E-state index is 13.0. The SMILES string of the molecule is Nc1cc(F)cc(NC(=O)Cc2ccsc2)c1. The van der Waals surface area contributed by atoms with E-state index in [1.54, 1.807) is 0 Å². The van der Waals surface area contributed by atoms with Crippen LogP contribution in [0.5, 0.6) is 0 Å². The van der Waals surface area contributed by atoms with Crippen molar-refractivity contribution < 1.29 is 9.18 Å². The van der Waals surface area contributed by atoms with Crippen LogP contribution in [0.15, 0.2) is 35.0 Å². The maximum atomic E-state index is 13.0. The van der Waals surface area contributed by atoms with Gasteiger partial charge in [0.25, 0.3) is 0 Å². The van der Waals surface area contributed by atoms with Gasteiger partial charge in [-0.25, -0.2) is 4.39 Å². The highest BCUT2D eigenvalue weighted by Gasteiger charge is 2.05. The van der Waals surface area contributed by atoms with Gasteiger partial charge in [-0.15, -0.1) is 0 Å². The van der Waals surface area contributed by atoms with Gasteiger partial charge in [0, 0.05) is 11.4 Å². The molecule has 2 aromatic rings. The lowest BCUT2D eigenvalue weighted by Crippen LogP contribution is -2.14. The predicted molar refractivity (Wildman–Crippen MR) is 67.5 cm³/mol. The van der Waals surface area contributed by atoms with Crippen LogP contribution in [0, 0.1) is 5.82 Å². The van der Waals surface area contributed by atoms with Gasteiger partial charge in [-0.05, 0) is 40.6 Å².